The molecule has 4 aromatic carbocycles. The lowest BCUT2D eigenvalue weighted by atomic mass is 9.76. The minimum absolute atomic E-state index is 0.117. The Labute approximate surface area is 257 Å². The van der Waals surface area contributed by atoms with Crippen molar-refractivity contribution in [3.8, 4) is 6.07 Å². The summed E-state index contributed by atoms with van der Waals surface area (Å²) in [6, 6.07) is 32.6. The number of nitriles is 1. The van der Waals surface area contributed by atoms with Gasteiger partial charge < -0.3 is 4.90 Å². The smallest absolute Gasteiger partial charge is 0.217 e. The largest absolute Gasteiger partial charge is 0.344 e. The van der Waals surface area contributed by atoms with E-state index in [4.69, 9.17) is 0 Å². The Morgan fingerprint density at radius 1 is 0.907 bits per heavy atom. The van der Waals surface area contributed by atoms with Crippen molar-refractivity contribution >= 4 is 27.9 Å². The van der Waals surface area contributed by atoms with Crippen LogP contribution in [0.4, 0.5) is 11.4 Å². The SMILES string of the molecule is CC(C)CCN1C(=CC=CC2=[N+](C)c3c(ccc4ccccc34)C2(C)C)C(C)(Cc2ccccc2)c2cc(C#N)ccc21. The molecular weight excluding hydrogens is 522 g/mol. The highest BCUT2D eigenvalue weighted by Gasteiger charge is 2.45. The molecule has 2 heterocycles. The fraction of sp³-hybridized carbons (Fsp3) is 0.300. The highest BCUT2D eigenvalue weighted by molar-refractivity contribution is 6.07. The van der Waals surface area contributed by atoms with Crippen molar-refractivity contribution in [3.63, 3.8) is 0 Å². The molecule has 0 radical (unpaired) electrons. The first-order valence-corrected chi connectivity index (χ1v) is 15.5. The Bertz CT molecular complexity index is 1830. The summed E-state index contributed by atoms with van der Waals surface area (Å²) >= 11 is 0. The average molecular weight is 565 g/mol. The second kappa shape index (κ2) is 11.0. The van der Waals surface area contributed by atoms with Crippen molar-refractivity contribution in [1.29, 1.82) is 5.26 Å². The van der Waals surface area contributed by atoms with Crippen LogP contribution < -0.4 is 4.90 Å². The Kier molecular flexibility index (Phi) is 7.35. The van der Waals surface area contributed by atoms with Gasteiger partial charge in [-0.2, -0.15) is 9.84 Å². The molecule has 3 heteroatoms. The summed E-state index contributed by atoms with van der Waals surface area (Å²) in [5, 5.41) is 12.4. The maximum Gasteiger partial charge on any atom is 0.217 e. The molecule has 0 N–H and O–H groups in total. The molecule has 43 heavy (non-hydrogen) atoms. The first-order valence-electron chi connectivity index (χ1n) is 15.5. The molecule has 0 aliphatic carbocycles. The van der Waals surface area contributed by atoms with Gasteiger partial charge in [0.05, 0.1) is 22.4 Å². The van der Waals surface area contributed by atoms with Crippen LogP contribution in [-0.4, -0.2) is 23.9 Å². The summed E-state index contributed by atoms with van der Waals surface area (Å²) in [6.07, 6.45) is 8.88. The van der Waals surface area contributed by atoms with Crippen LogP contribution in [0.25, 0.3) is 10.8 Å². The minimum Gasteiger partial charge on any atom is -0.344 e. The van der Waals surface area contributed by atoms with Crippen LogP contribution in [0.2, 0.25) is 0 Å². The van der Waals surface area contributed by atoms with Crippen LogP contribution in [0.15, 0.2) is 109 Å². The van der Waals surface area contributed by atoms with Crippen LogP contribution in [0, 0.1) is 17.2 Å². The second-order valence-corrected chi connectivity index (χ2v) is 13.3. The van der Waals surface area contributed by atoms with Gasteiger partial charge in [-0.1, -0.05) is 80.6 Å². The summed E-state index contributed by atoms with van der Waals surface area (Å²) in [4.78, 5) is 2.51. The summed E-state index contributed by atoms with van der Waals surface area (Å²) < 4.78 is 2.38. The zero-order valence-electron chi connectivity index (χ0n) is 26.4. The molecule has 216 valence electrons. The summed E-state index contributed by atoms with van der Waals surface area (Å²) in [6.45, 7) is 12.5. The van der Waals surface area contributed by atoms with Crippen molar-refractivity contribution in [2.24, 2.45) is 5.92 Å². The van der Waals surface area contributed by atoms with E-state index >= 15 is 0 Å². The maximum absolute atomic E-state index is 9.82. The standard InChI is InChI=1S/C40H42N3/c1-28(2)23-24-43-35-22-19-30(27-41)25-34(35)40(5,26-29-13-8-7-9-14-29)37(43)18-12-17-36-39(3,4)33-21-20-31-15-10-11-16-32(31)38(33)42(36)6/h7-22,25,28H,23-24,26H2,1-6H3/q+1. The molecule has 0 aromatic heterocycles. The summed E-state index contributed by atoms with van der Waals surface area (Å²) in [5.41, 5.74) is 9.34. The zero-order chi connectivity index (χ0) is 30.4. The second-order valence-electron chi connectivity index (χ2n) is 13.3. The van der Waals surface area contributed by atoms with Crippen LogP contribution in [0.1, 0.15) is 63.3 Å². The van der Waals surface area contributed by atoms with Gasteiger partial charge in [-0.05, 0) is 86.4 Å². The van der Waals surface area contributed by atoms with Gasteiger partial charge in [0.25, 0.3) is 0 Å². The predicted octanol–water partition coefficient (Wildman–Crippen LogP) is 9.22. The van der Waals surface area contributed by atoms with Gasteiger partial charge in [0.15, 0.2) is 5.71 Å². The molecule has 0 spiro atoms. The molecule has 1 atom stereocenters. The van der Waals surface area contributed by atoms with Crippen molar-refractivity contribution in [1.82, 2.24) is 0 Å². The van der Waals surface area contributed by atoms with E-state index in [1.54, 1.807) is 0 Å². The average Bonchev–Trinajstić information content (AvgIpc) is 3.35. The fourth-order valence-corrected chi connectivity index (χ4v) is 7.29. The lowest BCUT2D eigenvalue weighted by Gasteiger charge is -2.31. The number of nitrogens with zero attached hydrogens (tertiary/aromatic N) is 3. The lowest BCUT2D eigenvalue weighted by molar-refractivity contribution is -0.399. The number of hydrogen-bond acceptors (Lipinski definition) is 2. The Morgan fingerprint density at radius 2 is 1.65 bits per heavy atom. The van der Waals surface area contributed by atoms with Gasteiger partial charge in [-0.25, -0.2) is 0 Å². The first kappa shape index (κ1) is 28.7. The van der Waals surface area contributed by atoms with E-state index in [9.17, 15) is 5.26 Å². The number of anilines is 1. The lowest BCUT2D eigenvalue weighted by Crippen LogP contribution is -2.31. The Balaban J connectivity index is 1.47. The van der Waals surface area contributed by atoms with E-state index in [0.29, 0.717) is 11.5 Å². The van der Waals surface area contributed by atoms with Crippen LogP contribution in [-0.2, 0) is 17.3 Å². The molecule has 2 aliphatic heterocycles. The van der Waals surface area contributed by atoms with E-state index in [1.807, 2.05) is 6.07 Å². The van der Waals surface area contributed by atoms with Crippen molar-refractivity contribution in [3.05, 3.63) is 131 Å². The molecule has 2 aliphatic rings. The van der Waals surface area contributed by atoms with Crippen molar-refractivity contribution in [2.75, 3.05) is 18.5 Å². The van der Waals surface area contributed by atoms with Gasteiger partial charge >= 0.3 is 0 Å². The molecule has 0 amide bonds. The molecular formula is C40H42N3+. The van der Waals surface area contributed by atoms with E-state index in [0.717, 1.165) is 19.4 Å². The highest BCUT2D eigenvalue weighted by Crippen LogP contribution is 2.50. The van der Waals surface area contributed by atoms with Gasteiger partial charge in [0, 0.05) is 35.0 Å². The summed E-state index contributed by atoms with van der Waals surface area (Å²) in [5.74, 6) is 0.594. The van der Waals surface area contributed by atoms with E-state index in [-0.39, 0.29) is 10.8 Å². The van der Waals surface area contributed by atoms with Gasteiger partial charge in [0.2, 0.25) is 5.69 Å². The molecule has 0 saturated carbocycles. The van der Waals surface area contributed by atoms with Crippen LogP contribution >= 0.6 is 0 Å². The van der Waals surface area contributed by atoms with Gasteiger partial charge in [-0.15, -0.1) is 0 Å². The molecule has 1 unspecified atom stereocenters. The quantitative estimate of drug-likeness (QED) is 0.209. The fourth-order valence-electron chi connectivity index (χ4n) is 7.29. The Morgan fingerprint density at radius 3 is 2.40 bits per heavy atom. The maximum atomic E-state index is 9.82. The molecule has 0 bridgehead atoms. The van der Waals surface area contributed by atoms with Crippen LogP contribution in [0.3, 0.4) is 0 Å². The van der Waals surface area contributed by atoms with E-state index in [1.165, 1.54) is 50.2 Å². The monoisotopic (exact) mass is 564 g/mol. The van der Waals surface area contributed by atoms with Gasteiger partial charge in [0.1, 0.15) is 7.05 Å². The third kappa shape index (κ3) is 4.90. The van der Waals surface area contributed by atoms with E-state index < -0.39 is 0 Å². The number of benzene rings is 4. The molecule has 3 nitrogen and oxygen atoms in total. The highest BCUT2D eigenvalue weighted by atomic mass is 15.2. The third-order valence-corrected chi connectivity index (χ3v) is 9.62. The van der Waals surface area contributed by atoms with E-state index in [2.05, 4.69) is 154 Å². The number of fused-ring (bicyclic) bond motifs is 4. The van der Waals surface area contributed by atoms with Crippen molar-refractivity contribution in [2.45, 2.75) is 58.3 Å². The zero-order valence-corrected chi connectivity index (χ0v) is 26.4. The normalized spacial score (nSPS) is 20.0. The van der Waals surface area contributed by atoms with Crippen LogP contribution in [0.5, 0.6) is 0 Å². The topological polar surface area (TPSA) is 30.0 Å². The molecule has 0 saturated heterocycles. The third-order valence-electron chi connectivity index (χ3n) is 9.62. The number of rotatable bonds is 7. The number of hydrogen-bond donors (Lipinski definition) is 0. The summed E-state index contributed by atoms with van der Waals surface area (Å²) in [7, 11) is 2.20. The predicted molar refractivity (Wildman–Crippen MR) is 181 cm³/mol. The van der Waals surface area contributed by atoms with Crippen molar-refractivity contribution < 1.29 is 4.58 Å². The minimum atomic E-state index is -0.272. The van der Waals surface area contributed by atoms with Gasteiger partial charge in [-0.3, -0.25) is 0 Å². The first-order chi connectivity index (χ1) is 20.6. The molecule has 4 aromatic rings. The Hall–Kier alpha value is -4.42. The molecule has 0 fully saturated rings. The molecule has 6 rings (SSSR count). The number of allylic oxidation sites excluding steroid dienone is 4.